The number of phenolic OH excluding ortho intramolecular Hbond substituents is 1. The highest BCUT2D eigenvalue weighted by Crippen LogP contribution is 2.51. The monoisotopic (exact) mass is 569 g/mol. The van der Waals surface area contributed by atoms with E-state index in [1.54, 1.807) is 27.3 Å². The van der Waals surface area contributed by atoms with Crippen LogP contribution in [0.15, 0.2) is 48.5 Å². The Morgan fingerprint density at radius 3 is 2.48 bits per heavy atom. The van der Waals surface area contributed by atoms with E-state index in [9.17, 15) is 29.4 Å². The Kier molecular flexibility index (Phi) is 6.32. The van der Waals surface area contributed by atoms with E-state index >= 15 is 0 Å². The molecule has 0 aromatic heterocycles. The number of nitrogens with one attached hydrogen (secondary N) is 1. The molecule has 0 bridgehead atoms. The number of aromatic hydroxyl groups is 1. The average Bonchev–Trinajstić information content (AvgIpc) is 2.94. The Bertz CT molecular complexity index is 1730. The molecule has 6 unspecified atom stereocenters. The van der Waals surface area contributed by atoms with E-state index < -0.39 is 64.3 Å². The maximum atomic E-state index is 14.1. The van der Waals surface area contributed by atoms with Crippen LogP contribution in [0.4, 0.5) is 0 Å². The number of methoxy groups -OCH3 is 1. The Balaban J connectivity index is 1.46. The van der Waals surface area contributed by atoms with E-state index in [0.717, 1.165) is 11.1 Å². The Hall–Kier alpha value is -4.41. The first kappa shape index (κ1) is 27.7. The molecule has 0 heterocycles. The number of likely N-dealkylation sites (N-methyl/N-ethyl adjacent to an activating group) is 1. The molecule has 3 aliphatic carbocycles. The van der Waals surface area contributed by atoms with Gasteiger partial charge in [-0.3, -0.25) is 24.1 Å². The van der Waals surface area contributed by atoms with Gasteiger partial charge in [-0.15, -0.1) is 0 Å². The number of aliphatic hydroxyl groups is 1. The van der Waals surface area contributed by atoms with E-state index in [4.69, 9.17) is 15.9 Å². The number of hydrogen-bond donors (Lipinski definition) is 4. The third-order valence-corrected chi connectivity index (χ3v) is 9.33. The molecule has 6 rings (SSSR count). The van der Waals surface area contributed by atoms with Crippen molar-refractivity contribution in [1.82, 2.24) is 4.90 Å². The molecule has 216 valence electrons. The first-order chi connectivity index (χ1) is 19.9. The lowest BCUT2D eigenvalue weighted by molar-refractivity contribution is -0.157. The maximum absolute atomic E-state index is 14.1. The van der Waals surface area contributed by atoms with Gasteiger partial charge in [-0.2, -0.15) is 0 Å². The van der Waals surface area contributed by atoms with Gasteiger partial charge in [0.25, 0.3) is 0 Å². The number of nitrogens with zero attached hydrogens (tertiary/aromatic N) is 1. The van der Waals surface area contributed by atoms with Crippen LogP contribution in [0, 0.1) is 29.1 Å². The van der Waals surface area contributed by atoms with Crippen LogP contribution in [0.2, 0.25) is 0 Å². The second kappa shape index (κ2) is 9.57. The number of ketones is 3. The molecule has 0 aliphatic heterocycles. The van der Waals surface area contributed by atoms with Crippen molar-refractivity contribution in [2.75, 3.05) is 21.2 Å². The molecule has 10 nitrogen and oxygen atoms in total. The number of Topliss-reactive ketones (excluding diaryl/α,β-unsaturated/α-hetero) is 3. The van der Waals surface area contributed by atoms with Crippen molar-refractivity contribution in [3.8, 4) is 22.6 Å². The number of primary amides is 1. The molecular formula is C32H31N3O7. The first-order valence-electron chi connectivity index (χ1n) is 13.7. The molecule has 1 amide bonds. The quantitative estimate of drug-likeness (QED) is 0.346. The number of phenols is 1. The molecule has 5 N–H and O–H groups in total. The molecule has 10 heteroatoms. The van der Waals surface area contributed by atoms with Gasteiger partial charge in [-0.05, 0) is 73.1 Å². The molecule has 3 aromatic rings. The largest absolute Gasteiger partial charge is 0.507 e. The van der Waals surface area contributed by atoms with Gasteiger partial charge in [0.05, 0.1) is 30.3 Å². The minimum atomic E-state index is -2.52. The van der Waals surface area contributed by atoms with Crippen LogP contribution in [0.5, 0.6) is 11.5 Å². The summed E-state index contributed by atoms with van der Waals surface area (Å²) in [6.07, 6.45) is 0.347. The number of hydrogen-bond acceptors (Lipinski definition) is 9. The summed E-state index contributed by atoms with van der Waals surface area (Å²) in [4.78, 5) is 55.1. The predicted molar refractivity (Wildman–Crippen MR) is 154 cm³/mol. The molecule has 2 fully saturated rings. The van der Waals surface area contributed by atoms with Gasteiger partial charge in [-0.1, -0.05) is 30.3 Å². The topological polar surface area (TPSA) is 171 Å². The third-order valence-electron chi connectivity index (χ3n) is 9.33. The molecule has 3 aliphatic rings. The Labute approximate surface area is 241 Å². The Morgan fingerprint density at radius 2 is 1.81 bits per heavy atom. The summed E-state index contributed by atoms with van der Waals surface area (Å²) >= 11 is 0. The fourth-order valence-corrected chi connectivity index (χ4v) is 7.41. The third kappa shape index (κ3) is 3.75. The molecule has 42 heavy (non-hydrogen) atoms. The summed E-state index contributed by atoms with van der Waals surface area (Å²) in [5, 5.41) is 33.1. The van der Waals surface area contributed by atoms with Crippen molar-refractivity contribution >= 4 is 39.7 Å². The summed E-state index contributed by atoms with van der Waals surface area (Å²) in [5.41, 5.74) is 4.37. The molecule has 6 atom stereocenters. The van der Waals surface area contributed by atoms with Crippen LogP contribution in [0.3, 0.4) is 0 Å². The number of ether oxygens (including phenoxy) is 1. The molecule has 0 spiro atoms. The van der Waals surface area contributed by atoms with Crippen LogP contribution in [-0.4, -0.2) is 76.9 Å². The van der Waals surface area contributed by atoms with Crippen molar-refractivity contribution in [1.29, 1.82) is 5.41 Å². The minimum absolute atomic E-state index is 0.0102. The smallest absolute Gasteiger partial charge is 0.233 e. The average molecular weight is 570 g/mol. The number of nitrogens with two attached hydrogens (primary N) is 1. The van der Waals surface area contributed by atoms with Crippen LogP contribution >= 0.6 is 0 Å². The van der Waals surface area contributed by atoms with Gasteiger partial charge >= 0.3 is 0 Å². The summed E-state index contributed by atoms with van der Waals surface area (Å²) in [7, 11) is 4.76. The fraction of sp³-hybridized carbons (Fsp3) is 0.344. The van der Waals surface area contributed by atoms with Crippen molar-refractivity contribution in [2.24, 2.45) is 29.4 Å². The molecule has 3 aromatic carbocycles. The molecule has 2 saturated carbocycles. The van der Waals surface area contributed by atoms with Gasteiger partial charge in [-0.25, -0.2) is 0 Å². The highest BCUT2D eigenvalue weighted by atomic mass is 16.5. The summed E-state index contributed by atoms with van der Waals surface area (Å²) in [5.74, 6) is -7.68. The van der Waals surface area contributed by atoms with Crippen LogP contribution in [0.25, 0.3) is 21.9 Å². The van der Waals surface area contributed by atoms with Crippen LogP contribution in [0.1, 0.15) is 22.3 Å². The summed E-state index contributed by atoms with van der Waals surface area (Å²) in [6, 6.07) is 13.7. The lowest BCUT2D eigenvalue weighted by Gasteiger charge is -2.53. The van der Waals surface area contributed by atoms with E-state index in [-0.39, 0.29) is 24.2 Å². The zero-order chi connectivity index (χ0) is 30.2. The summed E-state index contributed by atoms with van der Waals surface area (Å²) < 4.78 is 5.33. The number of fused-ring (bicyclic) bond motifs is 4. The minimum Gasteiger partial charge on any atom is -0.507 e. The van der Waals surface area contributed by atoms with E-state index in [1.165, 1.54) is 4.90 Å². The number of rotatable bonds is 4. The van der Waals surface area contributed by atoms with E-state index in [1.807, 2.05) is 42.5 Å². The van der Waals surface area contributed by atoms with E-state index in [2.05, 4.69) is 0 Å². The summed E-state index contributed by atoms with van der Waals surface area (Å²) in [6.45, 7) is 0. The number of carbonyl (C=O) groups excluding carboxylic acids is 4. The maximum Gasteiger partial charge on any atom is 0.233 e. The van der Waals surface area contributed by atoms with Crippen LogP contribution in [-0.2, 0) is 20.8 Å². The molecule has 0 radical (unpaired) electrons. The highest BCUT2D eigenvalue weighted by molar-refractivity contribution is 6.33. The standard InChI is InChI=1S/C32H31N3O7/c1-35(2)25-21-13-18-10-17-9-16-8-7-15(14-5-4-6-19(11-14)42-3)12-20(16)26(36)22(17)27(37)23(18)30(39)32(21,41)29(33)24(28(25)38)31(34)40/h4-9,11-12,18,21,23-25,33,36,41H,10,13H2,1-3H3,(H2,34,40). The second-order valence-electron chi connectivity index (χ2n) is 11.8. The molecule has 0 saturated heterocycles. The zero-order valence-corrected chi connectivity index (χ0v) is 23.4. The number of carbonyl (C=O) groups is 4. The molecular weight excluding hydrogens is 538 g/mol. The highest BCUT2D eigenvalue weighted by Gasteiger charge is 2.67. The van der Waals surface area contributed by atoms with Crippen molar-refractivity contribution < 1.29 is 34.1 Å². The van der Waals surface area contributed by atoms with Gasteiger partial charge < -0.3 is 26.1 Å². The number of benzene rings is 3. The Morgan fingerprint density at radius 1 is 1.10 bits per heavy atom. The van der Waals surface area contributed by atoms with Gasteiger partial charge in [0.1, 0.15) is 17.4 Å². The lowest BCUT2D eigenvalue weighted by Crippen LogP contribution is -2.73. The number of amides is 1. The fourth-order valence-electron chi connectivity index (χ4n) is 7.41. The lowest BCUT2D eigenvalue weighted by atomic mass is 9.52. The van der Waals surface area contributed by atoms with Crippen molar-refractivity contribution in [3.63, 3.8) is 0 Å². The van der Waals surface area contributed by atoms with Crippen molar-refractivity contribution in [2.45, 2.75) is 24.5 Å². The second-order valence-corrected chi connectivity index (χ2v) is 11.8. The SMILES string of the molecule is COc1cccc(-c2ccc3cc4c(c(O)c3c2)C(=O)C2C(=O)C3(O)C(=N)C(C(N)=O)C(=O)C(N(C)C)C3CC2C4)c1. The zero-order valence-electron chi connectivity index (χ0n) is 23.4. The van der Waals surface area contributed by atoms with Crippen molar-refractivity contribution in [3.05, 3.63) is 59.7 Å². The van der Waals surface area contributed by atoms with E-state index in [0.29, 0.717) is 22.1 Å². The van der Waals surface area contributed by atoms with Gasteiger partial charge in [0, 0.05) is 11.3 Å². The normalized spacial score (nSPS) is 28.8. The predicted octanol–water partition coefficient (Wildman–Crippen LogP) is 2.15. The van der Waals surface area contributed by atoms with Gasteiger partial charge in [0.15, 0.2) is 23.0 Å². The van der Waals surface area contributed by atoms with Crippen LogP contribution < -0.4 is 10.5 Å². The first-order valence-corrected chi connectivity index (χ1v) is 13.7. The van der Waals surface area contributed by atoms with Gasteiger partial charge in [0.2, 0.25) is 5.91 Å².